The van der Waals surface area contributed by atoms with Crippen molar-refractivity contribution in [2.24, 2.45) is 0 Å². The third-order valence-corrected chi connectivity index (χ3v) is 3.23. The lowest BCUT2D eigenvalue weighted by atomic mass is 10.2. The van der Waals surface area contributed by atoms with Gasteiger partial charge in [-0.15, -0.1) is 0 Å². The van der Waals surface area contributed by atoms with Gasteiger partial charge in [0.05, 0.1) is 26.2 Å². The van der Waals surface area contributed by atoms with Crippen LogP contribution in [-0.4, -0.2) is 39.8 Å². The summed E-state index contributed by atoms with van der Waals surface area (Å²) in [7, 11) is 4.89. The molecule has 0 saturated carbocycles. The molecule has 0 aromatic heterocycles. The van der Waals surface area contributed by atoms with Gasteiger partial charge in [0.1, 0.15) is 0 Å². The monoisotopic (exact) mass is 314 g/mol. The van der Waals surface area contributed by atoms with Gasteiger partial charge in [-0.1, -0.05) is 40.0 Å². The first kappa shape index (κ1) is 21.4. The van der Waals surface area contributed by atoms with Crippen molar-refractivity contribution in [3.8, 4) is 0 Å². The molecule has 0 saturated heterocycles. The lowest BCUT2D eigenvalue weighted by molar-refractivity contribution is -0.383. The molecule has 6 heteroatoms. The summed E-state index contributed by atoms with van der Waals surface area (Å²) in [6.45, 7) is 7.87. The van der Waals surface area contributed by atoms with Crippen LogP contribution < -0.4 is 0 Å². The summed E-state index contributed by atoms with van der Waals surface area (Å²) < 4.78 is 21.8. The third kappa shape index (κ3) is 10.2. The van der Waals surface area contributed by atoms with Crippen LogP contribution in [0.4, 0.5) is 0 Å². The van der Waals surface area contributed by atoms with Crippen molar-refractivity contribution in [3.63, 3.8) is 0 Å². The van der Waals surface area contributed by atoms with Crippen LogP contribution >= 0.6 is 0 Å². The summed E-state index contributed by atoms with van der Waals surface area (Å²) in [5, 5.41) is 0. The molecule has 0 amide bonds. The lowest BCUT2D eigenvalue weighted by Gasteiger charge is -2.33. The first-order valence-corrected chi connectivity index (χ1v) is 8.45. The molecular formula is C16H31BO5. The zero-order valence-corrected chi connectivity index (χ0v) is 14.4. The number of carbonyl (C=O) groups is 1. The number of carbonyl (C=O) groups excluding carboxylic acids is 1. The number of hydrogen-bond acceptors (Lipinski definition) is 5. The van der Waals surface area contributed by atoms with Gasteiger partial charge in [-0.2, -0.15) is 0 Å². The number of hydrogen-bond donors (Lipinski definition) is 0. The van der Waals surface area contributed by atoms with Crippen molar-refractivity contribution in [1.82, 2.24) is 0 Å². The molecule has 0 spiro atoms. The fourth-order valence-corrected chi connectivity index (χ4v) is 1.77. The van der Waals surface area contributed by atoms with Crippen molar-refractivity contribution < 1.29 is 23.7 Å². The quantitative estimate of drug-likeness (QED) is 0.263. The van der Waals surface area contributed by atoms with E-state index in [4.69, 9.17) is 22.3 Å². The van der Waals surface area contributed by atoms with E-state index in [0.717, 1.165) is 38.5 Å². The van der Waals surface area contributed by atoms with Crippen LogP contribution in [0.2, 0.25) is 0 Å². The van der Waals surface area contributed by atoms with E-state index in [1.165, 1.54) is 0 Å². The number of unbranched alkanes of at least 4 members (excludes halogenated alkanes) is 3. The molecule has 0 aromatic rings. The summed E-state index contributed by atoms with van der Waals surface area (Å²) in [5.41, 5.74) is 0. The minimum Gasteiger partial charge on any atom is -0.543 e. The molecule has 0 aliphatic rings. The summed E-state index contributed by atoms with van der Waals surface area (Å²) in [6, 6.07) is 0. The van der Waals surface area contributed by atoms with Crippen LogP contribution in [0, 0.1) is 0 Å². The van der Waals surface area contributed by atoms with E-state index in [9.17, 15) is 4.79 Å². The number of rotatable bonds is 15. The Labute approximate surface area is 136 Å². The highest BCUT2D eigenvalue weighted by Crippen LogP contribution is 2.24. The molecule has 128 valence electrons. The van der Waals surface area contributed by atoms with Crippen LogP contribution in [0.3, 0.4) is 0 Å². The standard InChI is InChI=1S/C16H31BO5/c1-4-7-12-19-16(20-13-8-5-2,21-14-9-6-3)11-10-15(18)22-17/h4-14H2,1-3H3. The first-order valence-electron chi connectivity index (χ1n) is 8.45. The van der Waals surface area contributed by atoms with Gasteiger partial charge in [0.25, 0.3) is 11.9 Å². The molecule has 0 unspecified atom stereocenters. The Balaban J connectivity index is 4.71. The van der Waals surface area contributed by atoms with Crippen molar-refractivity contribution in [1.29, 1.82) is 0 Å². The van der Waals surface area contributed by atoms with E-state index in [1.807, 2.05) is 0 Å². The Morgan fingerprint density at radius 2 is 1.27 bits per heavy atom. The maximum atomic E-state index is 11.3. The third-order valence-electron chi connectivity index (χ3n) is 3.23. The highest BCUT2D eigenvalue weighted by Gasteiger charge is 2.34. The van der Waals surface area contributed by atoms with Crippen LogP contribution in [-0.2, 0) is 23.7 Å². The fourth-order valence-electron chi connectivity index (χ4n) is 1.77. The number of ether oxygens (including phenoxy) is 3. The van der Waals surface area contributed by atoms with Gasteiger partial charge >= 0.3 is 8.05 Å². The Kier molecular flexibility index (Phi) is 13.7. The average Bonchev–Trinajstić information content (AvgIpc) is 2.53. The molecule has 5 nitrogen and oxygen atoms in total. The SMILES string of the molecule is [B]OC(=O)CCC(OCCCC)(OCCCC)OCCCC. The van der Waals surface area contributed by atoms with Crippen molar-refractivity contribution in [2.75, 3.05) is 19.8 Å². The Morgan fingerprint density at radius 3 is 1.59 bits per heavy atom. The molecule has 22 heavy (non-hydrogen) atoms. The molecule has 0 fully saturated rings. The van der Waals surface area contributed by atoms with Gasteiger partial charge < -0.3 is 18.9 Å². The van der Waals surface area contributed by atoms with Gasteiger partial charge in [0.2, 0.25) is 0 Å². The smallest absolute Gasteiger partial charge is 0.378 e. The van der Waals surface area contributed by atoms with Crippen molar-refractivity contribution in [2.45, 2.75) is 78.1 Å². The van der Waals surface area contributed by atoms with Crippen LogP contribution in [0.15, 0.2) is 0 Å². The molecule has 0 aliphatic carbocycles. The molecule has 0 heterocycles. The first-order chi connectivity index (χ1) is 10.6. The molecule has 0 N–H and O–H groups in total. The maximum Gasteiger partial charge on any atom is 0.378 e. The summed E-state index contributed by atoms with van der Waals surface area (Å²) >= 11 is 0. The second-order valence-corrected chi connectivity index (χ2v) is 5.28. The van der Waals surface area contributed by atoms with E-state index >= 15 is 0 Å². The molecule has 0 atom stereocenters. The van der Waals surface area contributed by atoms with E-state index < -0.39 is 11.9 Å². The van der Waals surface area contributed by atoms with Crippen LogP contribution in [0.5, 0.6) is 0 Å². The van der Waals surface area contributed by atoms with Gasteiger partial charge in [-0.25, -0.2) is 0 Å². The van der Waals surface area contributed by atoms with Crippen LogP contribution in [0.1, 0.15) is 72.1 Å². The average molecular weight is 314 g/mol. The second-order valence-electron chi connectivity index (χ2n) is 5.28. The molecular weight excluding hydrogens is 283 g/mol. The summed E-state index contributed by atoms with van der Waals surface area (Å²) in [6.07, 6.45) is 6.17. The highest BCUT2D eigenvalue weighted by atomic mass is 16.9. The van der Waals surface area contributed by atoms with Gasteiger partial charge in [-0.05, 0) is 19.3 Å². The summed E-state index contributed by atoms with van der Waals surface area (Å²) in [5.74, 6) is -1.67. The Morgan fingerprint density at radius 1 is 0.864 bits per heavy atom. The van der Waals surface area contributed by atoms with Crippen molar-refractivity contribution >= 4 is 14.0 Å². The van der Waals surface area contributed by atoms with E-state index in [2.05, 4.69) is 25.4 Å². The van der Waals surface area contributed by atoms with E-state index in [1.54, 1.807) is 0 Å². The minimum atomic E-state index is -1.17. The zero-order chi connectivity index (χ0) is 16.7. The topological polar surface area (TPSA) is 54.0 Å². The molecule has 0 aromatic carbocycles. The molecule has 2 radical (unpaired) electrons. The minimum absolute atomic E-state index is 0.0981. The van der Waals surface area contributed by atoms with Crippen molar-refractivity contribution in [3.05, 3.63) is 0 Å². The van der Waals surface area contributed by atoms with E-state index in [-0.39, 0.29) is 12.8 Å². The highest BCUT2D eigenvalue weighted by molar-refractivity contribution is 6.05. The van der Waals surface area contributed by atoms with Gasteiger partial charge in [0, 0.05) is 6.42 Å². The Bertz CT molecular complexity index is 247. The van der Waals surface area contributed by atoms with Gasteiger partial charge in [0.15, 0.2) is 0 Å². The second kappa shape index (κ2) is 14.0. The zero-order valence-electron chi connectivity index (χ0n) is 14.4. The fraction of sp³-hybridized carbons (Fsp3) is 0.938. The largest absolute Gasteiger partial charge is 0.543 e. The maximum absolute atomic E-state index is 11.3. The normalized spacial score (nSPS) is 11.6. The molecule has 0 aliphatic heterocycles. The molecule has 0 rings (SSSR count). The van der Waals surface area contributed by atoms with E-state index in [0.29, 0.717) is 19.8 Å². The van der Waals surface area contributed by atoms with Crippen LogP contribution in [0.25, 0.3) is 0 Å². The summed E-state index contributed by atoms with van der Waals surface area (Å²) in [4.78, 5) is 11.3. The predicted molar refractivity (Wildman–Crippen MR) is 86.4 cm³/mol. The lowest BCUT2D eigenvalue weighted by Crippen LogP contribution is -2.41. The van der Waals surface area contributed by atoms with Gasteiger partial charge in [-0.3, -0.25) is 4.79 Å². The Hall–Kier alpha value is -0.585. The predicted octanol–water partition coefficient (Wildman–Crippen LogP) is 3.50. The molecule has 0 bridgehead atoms.